The van der Waals surface area contributed by atoms with Crippen LogP contribution in [0.2, 0.25) is 0 Å². The van der Waals surface area contributed by atoms with E-state index < -0.39 is 6.10 Å². The lowest BCUT2D eigenvalue weighted by Gasteiger charge is -2.18. The molecule has 1 heterocycles. The number of rotatable bonds is 7. The summed E-state index contributed by atoms with van der Waals surface area (Å²) in [6.07, 6.45) is 6.37. The Bertz CT molecular complexity index is 320. The third-order valence-electron chi connectivity index (χ3n) is 3.46. The average molecular weight is 253 g/mol. The van der Waals surface area contributed by atoms with Crippen molar-refractivity contribution in [2.75, 3.05) is 13.2 Å². The van der Waals surface area contributed by atoms with Gasteiger partial charge in [-0.3, -0.25) is 0 Å². The van der Waals surface area contributed by atoms with E-state index in [4.69, 9.17) is 9.15 Å². The Hall–Kier alpha value is -0.840. The molecule has 0 aliphatic heterocycles. The van der Waals surface area contributed by atoms with E-state index in [2.05, 4.69) is 5.32 Å². The van der Waals surface area contributed by atoms with Gasteiger partial charge in [-0.1, -0.05) is 12.8 Å². The molecule has 1 aromatic heterocycles. The van der Waals surface area contributed by atoms with Crippen molar-refractivity contribution in [3.05, 3.63) is 24.2 Å². The summed E-state index contributed by atoms with van der Waals surface area (Å²) in [6, 6.07) is 3.91. The molecular weight excluding hydrogens is 230 g/mol. The van der Waals surface area contributed by atoms with Gasteiger partial charge in [0.1, 0.15) is 5.76 Å². The highest BCUT2D eigenvalue weighted by molar-refractivity contribution is 5.02. The molecule has 0 radical (unpaired) electrons. The van der Waals surface area contributed by atoms with E-state index in [1.807, 2.05) is 19.1 Å². The third kappa shape index (κ3) is 4.12. The molecule has 0 amide bonds. The van der Waals surface area contributed by atoms with Crippen LogP contribution in [0.4, 0.5) is 0 Å². The highest BCUT2D eigenvalue weighted by Gasteiger charge is 2.17. The highest BCUT2D eigenvalue weighted by Crippen LogP contribution is 2.20. The number of hydrogen-bond acceptors (Lipinski definition) is 4. The number of nitrogens with one attached hydrogen (secondary N) is 1. The standard InChI is InChI=1S/C14H23NO3/c1-11(14-7-4-8-17-14)15-9-12(16)10-18-13-5-2-3-6-13/h4,7-8,11-13,15-16H,2-3,5-6,9-10H2,1H3/t11-,12?/m1/s1. The molecule has 2 atom stereocenters. The molecule has 18 heavy (non-hydrogen) atoms. The fourth-order valence-corrected chi connectivity index (χ4v) is 2.31. The maximum Gasteiger partial charge on any atom is 0.120 e. The van der Waals surface area contributed by atoms with Crippen LogP contribution in [0.5, 0.6) is 0 Å². The van der Waals surface area contributed by atoms with Gasteiger partial charge in [0.05, 0.1) is 31.1 Å². The van der Waals surface area contributed by atoms with Gasteiger partial charge in [0.2, 0.25) is 0 Å². The van der Waals surface area contributed by atoms with E-state index >= 15 is 0 Å². The van der Waals surface area contributed by atoms with Gasteiger partial charge in [-0.15, -0.1) is 0 Å². The monoisotopic (exact) mass is 253 g/mol. The third-order valence-corrected chi connectivity index (χ3v) is 3.46. The second kappa shape index (κ2) is 6.92. The van der Waals surface area contributed by atoms with E-state index in [1.165, 1.54) is 12.8 Å². The summed E-state index contributed by atoms with van der Waals surface area (Å²) in [5.74, 6) is 0.888. The molecule has 1 unspecified atom stereocenters. The molecule has 0 saturated heterocycles. The molecule has 2 N–H and O–H groups in total. The summed E-state index contributed by atoms with van der Waals surface area (Å²) in [5.41, 5.74) is 0. The summed E-state index contributed by atoms with van der Waals surface area (Å²) >= 11 is 0. The Morgan fingerprint density at radius 1 is 1.50 bits per heavy atom. The first-order valence-electron chi connectivity index (χ1n) is 6.82. The van der Waals surface area contributed by atoms with E-state index in [0.29, 0.717) is 19.3 Å². The molecule has 2 rings (SSSR count). The van der Waals surface area contributed by atoms with Crippen molar-refractivity contribution in [3.63, 3.8) is 0 Å². The van der Waals surface area contributed by atoms with Crippen LogP contribution in [0.15, 0.2) is 22.8 Å². The summed E-state index contributed by atoms with van der Waals surface area (Å²) in [6.45, 7) is 2.96. The maximum atomic E-state index is 9.84. The molecule has 102 valence electrons. The predicted molar refractivity (Wildman–Crippen MR) is 69.3 cm³/mol. The van der Waals surface area contributed by atoms with Crippen LogP contribution in [0, 0.1) is 0 Å². The fourth-order valence-electron chi connectivity index (χ4n) is 2.31. The first-order chi connectivity index (χ1) is 8.75. The van der Waals surface area contributed by atoms with Gasteiger partial charge < -0.3 is 19.6 Å². The van der Waals surface area contributed by atoms with Crippen molar-refractivity contribution in [2.45, 2.75) is 50.9 Å². The van der Waals surface area contributed by atoms with Gasteiger partial charge in [-0.2, -0.15) is 0 Å². The van der Waals surface area contributed by atoms with Gasteiger partial charge in [-0.25, -0.2) is 0 Å². The van der Waals surface area contributed by atoms with Crippen LogP contribution in [-0.4, -0.2) is 30.5 Å². The summed E-state index contributed by atoms with van der Waals surface area (Å²) < 4.78 is 11.0. The number of hydrogen-bond donors (Lipinski definition) is 2. The molecule has 4 heteroatoms. The molecule has 0 aromatic carbocycles. The quantitative estimate of drug-likeness (QED) is 0.782. The lowest BCUT2D eigenvalue weighted by atomic mass is 10.2. The van der Waals surface area contributed by atoms with E-state index in [-0.39, 0.29) is 6.04 Å². The SMILES string of the molecule is C[C@@H](NCC(O)COC1CCCC1)c1ccco1. The van der Waals surface area contributed by atoms with Crippen LogP contribution in [0.1, 0.15) is 44.4 Å². The lowest BCUT2D eigenvalue weighted by Crippen LogP contribution is -2.33. The van der Waals surface area contributed by atoms with Crippen LogP contribution in [0.3, 0.4) is 0 Å². The second-order valence-corrected chi connectivity index (χ2v) is 5.04. The number of aliphatic hydroxyl groups excluding tert-OH is 1. The van der Waals surface area contributed by atoms with E-state index in [1.54, 1.807) is 6.26 Å². The van der Waals surface area contributed by atoms with Crippen LogP contribution in [-0.2, 0) is 4.74 Å². The summed E-state index contributed by atoms with van der Waals surface area (Å²) in [5, 5.41) is 13.1. The predicted octanol–water partition coefficient (Wildman–Crippen LogP) is 2.25. The number of furan rings is 1. The van der Waals surface area contributed by atoms with Gasteiger partial charge in [0.25, 0.3) is 0 Å². The van der Waals surface area contributed by atoms with Crippen molar-refractivity contribution in [3.8, 4) is 0 Å². The fraction of sp³-hybridized carbons (Fsp3) is 0.714. The van der Waals surface area contributed by atoms with Gasteiger partial charge in [0.15, 0.2) is 0 Å². The van der Waals surface area contributed by atoms with Crippen molar-refractivity contribution in [1.29, 1.82) is 0 Å². The normalized spacial score (nSPS) is 20.1. The summed E-state index contributed by atoms with van der Waals surface area (Å²) in [7, 11) is 0. The number of ether oxygens (including phenoxy) is 1. The van der Waals surface area contributed by atoms with Crippen molar-refractivity contribution >= 4 is 0 Å². The molecule has 1 aliphatic carbocycles. The van der Waals surface area contributed by atoms with Gasteiger partial charge in [0, 0.05) is 6.54 Å². The molecule has 1 aromatic rings. The Kier molecular flexibility index (Phi) is 5.23. The van der Waals surface area contributed by atoms with Crippen molar-refractivity contribution < 1.29 is 14.3 Å². The maximum absolute atomic E-state index is 9.84. The zero-order chi connectivity index (χ0) is 12.8. The first-order valence-corrected chi connectivity index (χ1v) is 6.82. The molecule has 1 aliphatic rings. The Labute approximate surface area is 108 Å². The molecule has 0 bridgehead atoms. The minimum absolute atomic E-state index is 0.112. The van der Waals surface area contributed by atoms with Crippen LogP contribution >= 0.6 is 0 Å². The largest absolute Gasteiger partial charge is 0.468 e. The Morgan fingerprint density at radius 3 is 2.94 bits per heavy atom. The minimum atomic E-state index is -0.456. The Balaban J connectivity index is 1.60. The smallest absolute Gasteiger partial charge is 0.120 e. The minimum Gasteiger partial charge on any atom is -0.468 e. The topological polar surface area (TPSA) is 54.6 Å². The second-order valence-electron chi connectivity index (χ2n) is 5.04. The average Bonchev–Trinajstić information content (AvgIpc) is 3.05. The summed E-state index contributed by atoms with van der Waals surface area (Å²) in [4.78, 5) is 0. The lowest BCUT2D eigenvalue weighted by molar-refractivity contribution is -0.00627. The van der Waals surface area contributed by atoms with E-state index in [0.717, 1.165) is 18.6 Å². The zero-order valence-corrected chi connectivity index (χ0v) is 11.0. The molecule has 1 fully saturated rings. The van der Waals surface area contributed by atoms with Crippen molar-refractivity contribution in [2.24, 2.45) is 0 Å². The van der Waals surface area contributed by atoms with Crippen LogP contribution < -0.4 is 5.32 Å². The highest BCUT2D eigenvalue weighted by atomic mass is 16.5. The molecular formula is C14H23NO3. The zero-order valence-electron chi connectivity index (χ0n) is 11.0. The van der Waals surface area contributed by atoms with Crippen molar-refractivity contribution in [1.82, 2.24) is 5.32 Å². The first kappa shape index (κ1) is 13.6. The van der Waals surface area contributed by atoms with Gasteiger partial charge >= 0.3 is 0 Å². The van der Waals surface area contributed by atoms with Crippen LogP contribution in [0.25, 0.3) is 0 Å². The van der Waals surface area contributed by atoms with Gasteiger partial charge in [-0.05, 0) is 31.9 Å². The van der Waals surface area contributed by atoms with E-state index in [9.17, 15) is 5.11 Å². The molecule has 1 saturated carbocycles. The number of aliphatic hydroxyl groups is 1. The molecule has 4 nitrogen and oxygen atoms in total. The molecule has 0 spiro atoms. The Morgan fingerprint density at radius 2 is 2.28 bits per heavy atom.